The highest BCUT2D eigenvalue weighted by molar-refractivity contribution is 5.67. The number of hydrogen-bond donors (Lipinski definition) is 1. The first-order chi connectivity index (χ1) is 10.1. The molecule has 0 saturated carbocycles. The van der Waals surface area contributed by atoms with Crippen LogP contribution in [0.25, 0.3) is 0 Å². The van der Waals surface area contributed by atoms with E-state index in [9.17, 15) is 9.90 Å². The highest BCUT2D eigenvalue weighted by Gasteiger charge is 2.44. The second kappa shape index (κ2) is 6.89. The molecule has 1 amide bonds. The van der Waals surface area contributed by atoms with E-state index in [1.165, 1.54) is 19.1 Å². The van der Waals surface area contributed by atoms with Crippen LogP contribution in [0, 0.1) is 0 Å². The standard InChI is InChI=1S/C15H21NO5/c1-19-15(20-2)8-9-16(10-13(15)17)14(18)21-11-12-6-4-3-5-7-12/h3-7,13,17H,8-11H2,1-2H3. The van der Waals surface area contributed by atoms with E-state index >= 15 is 0 Å². The van der Waals surface area contributed by atoms with Crippen molar-refractivity contribution < 1.29 is 24.1 Å². The zero-order valence-corrected chi connectivity index (χ0v) is 12.3. The van der Waals surface area contributed by atoms with Crippen LogP contribution in [0.1, 0.15) is 12.0 Å². The van der Waals surface area contributed by atoms with Crippen LogP contribution in [0.4, 0.5) is 4.79 Å². The molecule has 116 valence electrons. The van der Waals surface area contributed by atoms with Crippen LogP contribution in [-0.2, 0) is 20.8 Å². The van der Waals surface area contributed by atoms with Crippen molar-refractivity contribution in [1.82, 2.24) is 4.90 Å². The van der Waals surface area contributed by atoms with E-state index in [0.717, 1.165) is 5.56 Å². The highest BCUT2D eigenvalue weighted by atomic mass is 16.7. The number of piperidine rings is 1. The Kier molecular flexibility index (Phi) is 5.17. The molecule has 1 N–H and O–H groups in total. The molecule has 0 radical (unpaired) electrons. The smallest absolute Gasteiger partial charge is 0.410 e. The largest absolute Gasteiger partial charge is 0.445 e. The molecular weight excluding hydrogens is 274 g/mol. The number of carbonyl (C=O) groups is 1. The number of aliphatic hydroxyl groups is 1. The van der Waals surface area contributed by atoms with Crippen molar-refractivity contribution in [3.05, 3.63) is 35.9 Å². The first-order valence-electron chi connectivity index (χ1n) is 6.85. The summed E-state index contributed by atoms with van der Waals surface area (Å²) in [5.74, 6) is -1.05. The van der Waals surface area contributed by atoms with Gasteiger partial charge in [-0.2, -0.15) is 0 Å². The van der Waals surface area contributed by atoms with Gasteiger partial charge in [0.25, 0.3) is 0 Å². The van der Waals surface area contributed by atoms with Crippen molar-refractivity contribution in [1.29, 1.82) is 0 Å². The molecule has 1 aromatic carbocycles. The van der Waals surface area contributed by atoms with E-state index in [2.05, 4.69) is 0 Å². The summed E-state index contributed by atoms with van der Waals surface area (Å²) in [6, 6.07) is 9.46. The second-order valence-corrected chi connectivity index (χ2v) is 4.97. The van der Waals surface area contributed by atoms with Crippen molar-refractivity contribution in [2.75, 3.05) is 27.3 Å². The number of benzene rings is 1. The zero-order valence-electron chi connectivity index (χ0n) is 12.3. The molecule has 1 saturated heterocycles. The number of carbonyl (C=O) groups excluding carboxylic acids is 1. The fourth-order valence-corrected chi connectivity index (χ4v) is 2.43. The Labute approximate surface area is 124 Å². The van der Waals surface area contributed by atoms with Crippen LogP contribution in [-0.4, -0.2) is 55.3 Å². The van der Waals surface area contributed by atoms with Crippen molar-refractivity contribution >= 4 is 6.09 Å². The maximum atomic E-state index is 12.0. The van der Waals surface area contributed by atoms with E-state index in [1.54, 1.807) is 0 Å². The monoisotopic (exact) mass is 295 g/mol. The summed E-state index contributed by atoms with van der Waals surface area (Å²) >= 11 is 0. The van der Waals surface area contributed by atoms with Gasteiger partial charge in [-0.05, 0) is 5.56 Å². The summed E-state index contributed by atoms with van der Waals surface area (Å²) in [5.41, 5.74) is 0.923. The number of β-amino-alcohol motifs (C(OH)–C–C–N with tert-alkyl or cyclic N) is 1. The molecule has 6 nitrogen and oxygen atoms in total. The fourth-order valence-electron chi connectivity index (χ4n) is 2.43. The van der Waals surface area contributed by atoms with Gasteiger partial charge in [-0.3, -0.25) is 0 Å². The summed E-state index contributed by atoms with van der Waals surface area (Å²) in [6.07, 6.45) is -0.967. The Morgan fingerprint density at radius 2 is 2.00 bits per heavy atom. The quantitative estimate of drug-likeness (QED) is 0.850. The van der Waals surface area contributed by atoms with Crippen LogP contribution in [0.15, 0.2) is 30.3 Å². The Hall–Kier alpha value is -1.63. The van der Waals surface area contributed by atoms with Crippen LogP contribution in [0.5, 0.6) is 0 Å². The molecule has 1 aromatic rings. The van der Waals surface area contributed by atoms with Gasteiger partial charge in [-0.1, -0.05) is 30.3 Å². The predicted octanol–water partition coefficient (Wildman–Crippen LogP) is 1.38. The molecule has 1 unspecified atom stereocenters. The lowest BCUT2D eigenvalue weighted by Crippen LogP contribution is -2.58. The van der Waals surface area contributed by atoms with Gasteiger partial charge in [0.05, 0.1) is 6.54 Å². The zero-order chi connectivity index (χ0) is 15.3. The number of methoxy groups -OCH3 is 2. The first kappa shape index (κ1) is 15.8. The highest BCUT2D eigenvalue weighted by Crippen LogP contribution is 2.27. The van der Waals surface area contributed by atoms with Gasteiger partial charge in [-0.25, -0.2) is 4.79 Å². The molecule has 1 fully saturated rings. The van der Waals surface area contributed by atoms with Crippen LogP contribution < -0.4 is 0 Å². The molecule has 2 rings (SSSR count). The number of rotatable bonds is 4. The van der Waals surface area contributed by atoms with Crippen LogP contribution in [0.2, 0.25) is 0 Å². The maximum Gasteiger partial charge on any atom is 0.410 e. The second-order valence-electron chi connectivity index (χ2n) is 4.97. The number of amides is 1. The van der Waals surface area contributed by atoms with Gasteiger partial charge in [0, 0.05) is 27.2 Å². The van der Waals surface area contributed by atoms with Gasteiger partial charge in [0.2, 0.25) is 0 Å². The number of aliphatic hydroxyl groups excluding tert-OH is 1. The minimum absolute atomic E-state index is 0.120. The van der Waals surface area contributed by atoms with E-state index in [0.29, 0.717) is 13.0 Å². The molecule has 21 heavy (non-hydrogen) atoms. The number of ether oxygens (including phenoxy) is 3. The third-order valence-electron chi connectivity index (χ3n) is 3.79. The SMILES string of the molecule is COC1(OC)CCN(C(=O)OCc2ccccc2)CC1O. The van der Waals surface area contributed by atoms with Gasteiger partial charge >= 0.3 is 6.09 Å². The lowest BCUT2D eigenvalue weighted by Gasteiger charge is -2.42. The van der Waals surface area contributed by atoms with Crippen LogP contribution >= 0.6 is 0 Å². The number of nitrogens with zero attached hydrogens (tertiary/aromatic N) is 1. The predicted molar refractivity (Wildman–Crippen MR) is 75.6 cm³/mol. The minimum Gasteiger partial charge on any atom is -0.445 e. The first-order valence-corrected chi connectivity index (χ1v) is 6.85. The molecular formula is C15H21NO5. The summed E-state index contributed by atoms with van der Waals surface area (Å²) in [6.45, 7) is 0.744. The molecule has 1 aliphatic rings. The van der Waals surface area contributed by atoms with Crippen LogP contribution in [0.3, 0.4) is 0 Å². The van der Waals surface area contributed by atoms with Gasteiger partial charge in [0.1, 0.15) is 12.7 Å². The number of hydrogen-bond acceptors (Lipinski definition) is 5. The van der Waals surface area contributed by atoms with E-state index in [-0.39, 0.29) is 13.2 Å². The maximum absolute atomic E-state index is 12.0. The van der Waals surface area contributed by atoms with E-state index < -0.39 is 18.0 Å². The van der Waals surface area contributed by atoms with Crippen molar-refractivity contribution in [3.8, 4) is 0 Å². The third-order valence-corrected chi connectivity index (χ3v) is 3.79. The number of likely N-dealkylation sites (tertiary alicyclic amines) is 1. The molecule has 1 aliphatic heterocycles. The molecule has 1 atom stereocenters. The topological polar surface area (TPSA) is 68.2 Å². The fraction of sp³-hybridized carbons (Fsp3) is 0.533. The lowest BCUT2D eigenvalue weighted by atomic mass is 10.0. The third kappa shape index (κ3) is 3.53. The van der Waals surface area contributed by atoms with Crippen molar-refractivity contribution in [2.45, 2.75) is 24.9 Å². The Morgan fingerprint density at radius 1 is 1.33 bits per heavy atom. The average Bonchev–Trinajstić information content (AvgIpc) is 2.54. The van der Waals surface area contributed by atoms with Crippen molar-refractivity contribution in [3.63, 3.8) is 0 Å². The summed E-state index contributed by atoms with van der Waals surface area (Å²) in [4.78, 5) is 13.5. The van der Waals surface area contributed by atoms with E-state index in [4.69, 9.17) is 14.2 Å². The molecule has 1 heterocycles. The Bertz CT molecular complexity index is 460. The van der Waals surface area contributed by atoms with Gasteiger partial charge < -0.3 is 24.2 Å². The molecule has 0 aliphatic carbocycles. The van der Waals surface area contributed by atoms with Crippen molar-refractivity contribution in [2.24, 2.45) is 0 Å². The van der Waals surface area contributed by atoms with E-state index in [1.807, 2.05) is 30.3 Å². The van der Waals surface area contributed by atoms with Gasteiger partial charge in [0.15, 0.2) is 5.79 Å². The van der Waals surface area contributed by atoms with Gasteiger partial charge in [-0.15, -0.1) is 0 Å². The normalized spacial score (nSPS) is 21.1. The summed E-state index contributed by atoms with van der Waals surface area (Å²) < 4.78 is 15.7. The molecule has 6 heteroatoms. The minimum atomic E-state index is -1.05. The summed E-state index contributed by atoms with van der Waals surface area (Å²) in [7, 11) is 2.96. The average molecular weight is 295 g/mol. The molecule has 0 spiro atoms. The lowest BCUT2D eigenvalue weighted by molar-refractivity contribution is -0.276. The Morgan fingerprint density at radius 3 is 2.57 bits per heavy atom. The summed E-state index contributed by atoms with van der Waals surface area (Å²) in [5, 5.41) is 10.1. The Balaban J connectivity index is 1.87. The molecule has 0 bridgehead atoms. The molecule has 0 aromatic heterocycles.